The first-order valence-corrected chi connectivity index (χ1v) is 11.9. The molecule has 0 saturated heterocycles. The summed E-state index contributed by atoms with van der Waals surface area (Å²) >= 11 is 0. The fraction of sp³-hybridized carbons (Fsp3) is 0.304. The van der Waals surface area contributed by atoms with Crippen LogP contribution in [0.4, 0.5) is 5.82 Å². The highest BCUT2D eigenvalue weighted by Crippen LogP contribution is 2.28. The summed E-state index contributed by atoms with van der Waals surface area (Å²) in [7, 11) is -0.577. The van der Waals surface area contributed by atoms with Gasteiger partial charge in [-0.05, 0) is 43.2 Å². The van der Waals surface area contributed by atoms with Gasteiger partial charge in [-0.3, -0.25) is 9.52 Å². The molecule has 1 amide bonds. The van der Waals surface area contributed by atoms with E-state index in [1.165, 1.54) is 25.4 Å². The number of aromatic nitrogens is 1. The van der Waals surface area contributed by atoms with Gasteiger partial charge in [0, 0.05) is 50.4 Å². The second-order valence-corrected chi connectivity index (χ2v) is 9.60. The van der Waals surface area contributed by atoms with E-state index in [0.29, 0.717) is 12.1 Å². The van der Waals surface area contributed by atoms with Crippen LogP contribution in [0.5, 0.6) is 0 Å². The Kier molecular flexibility index (Phi) is 7.52. The lowest BCUT2D eigenvalue weighted by atomic mass is 10.1. The molecule has 10 heteroatoms. The topological polar surface area (TPSA) is 122 Å². The second kappa shape index (κ2) is 10.2. The molecular weight excluding hydrogens is 442 g/mol. The van der Waals surface area contributed by atoms with E-state index in [4.69, 9.17) is 10.2 Å². The van der Waals surface area contributed by atoms with Gasteiger partial charge < -0.3 is 15.1 Å². The predicted molar refractivity (Wildman–Crippen MR) is 130 cm³/mol. The lowest BCUT2D eigenvalue weighted by molar-refractivity contribution is -0.125. The Bertz CT molecular complexity index is 1270. The molecule has 0 bridgehead atoms. The first-order chi connectivity index (χ1) is 15.6. The number of para-hydroxylation sites is 1. The van der Waals surface area contributed by atoms with Crippen molar-refractivity contribution in [3.05, 3.63) is 65.1 Å². The van der Waals surface area contributed by atoms with Crippen molar-refractivity contribution >= 4 is 39.0 Å². The monoisotopic (exact) mass is 471 g/mol. The quantitative estimate of drug-likeness (QED) is 0.463. The molecule has 0 spiro atoms. The third-order valence-corrected chi connectivity index (χ3v) is 6.78. The van der Waals surface area contributed by atoms with Crippen LogP contribution >= 0.6 is 0 Å². The maximum absolute atomic E-state index is 12.6. The van der Waals surface area contributed by atoms with Crippen LogP contribution in [0.3, 0.4) is 0 Å². The number of anilines is 1. The SMILES string of the molecule is Cc1c(CN(C)C(=O)/C=C/c2ccc(NS(=O)(=O)N(C)CCN)nc2)oc2c(C)cccc12. The molecule has 0 saturated carbocycles. The van der Waals surface area contributed by atoms with Crippen LogP contribution in [0.15, 0.2) is 47.0 Å². The molecule has 2 aromatic heterocycles. The molecular formula is C23H29N5O4S. The Morgan fingerprint density at radius 3 is 2.61 bits per heavy atom. The van der Waals surface area contributed by atoms with E-state index in [-0.39, 0.29) is 24.8 Å². The van der Waals surface area contributed by atoms with Crippen LogP contribution in [0.1, 0.15) is 22.5 Å². The van der Waals surface area contributed by atoms with Crippen molar-refractivity contribution < 1.29 is 17.6 Å². The highest BCUT2D eigenvalue weighted by Gasteiger charge is 2.17. The summed E-state index contributed by atoms with van der Waals surface area (Å²) in [5.41, 5.74) is 8.98. The number of nitrogens with zero attached hydrogens (tertiary/aromatic N) is 3. The lowest BCUT2D eigenvalue weighted by Gasteiger charge is -2.16. The van der Waals surface area contributed by atoms with Gasteiger partial charge >= 0.3 is 10.2 Å². The molecule has 3 N–H and O–H groups in total. The van der Waals surface area contributed by atoms with Crippen molar-refractivity contribution in [3.8, 4) is 0 Å². The zero-order valence-electron chi connectivity index (χ0n) is 19.2. The fourth-order valence-electron chi connectivity index (χ4n) is 3.25. The van der Waals surface area contributed by atoms with Crippen LogP contribution in [-0.4, -0.2) is 55.7 Å². The highest BCUT2D eigenvalue weighted by atomic mass is 32.2. The van der Waals surface area contributed by atoms with E-state index in [1.807, 2.05) is 32.0 Å². The molecule has 0 unspecified atom stereocenters. The molecule has 9 nitrogen and oxygen atoms in total. The van der Waals surface area contributed by atoms with Gasteiger partial charge in [0.25, 0.3) is 0 Å². The Hall–Kier alpha value is -3.21. The smallest absolute Gasteiger partial charge is 0.302 e. The summed E-state index contributed by atoms with van der Waals surface area (Å²) in [6, 6.07) is 9.20. The number of nitrogens with one attached hydrogen (secondary N) is 1. The van der Waals surface area contributed by atoms with Gasteiger partial charge in [0.15, 0.2) is 0 Å². The van der Waals surface area contributed by atoms with Crippen LogP contribution in [0.2, 0.25) is 0 Å². The number of nitrogens with two attached hydrogens (primary N) is 1. The van der Waals surface area contributed by atoms with E-state index >= 15 is 0 Å². The standard InChI is InChI=1S/C23H29N5O4S/c1-16-6-5-7-19-17(2)20(32-23(16)19)15-27(3)22(29)11-9-18-8-10-21(25-14-18)26-33(30,31)28(4)13-12-24/h5-11,14H,12-13,15,24H2,1-4H3,(H,25,26)/b11-9+. The van der Waals surface area contributed by atoms with Crippen molar-refractivity contribution in [2.24, 2.45) is 5.73 Å². The summed E-state index contributed by atoms with van der Waals surface area (Å²) in [6.45, 7) is 4.74. The zero-order chi connectivity index (χ0) is 24.2. The van der Waals surface area contributed by atoms with E-state index in [1.54, 1.807) is 24.1 Å². The average molecular weight is 472 g/mol. The van der Waals surface area contributed by atoms with E-state index in [0.717, 1.165) is 32.2 Å². The molecule has 3 aromatic rings. The molecule has 0 aliphatic carbocycles. The van der Waals surface area contributed by atoms with Crippen molar-refractivity contribution in [2.45, 2.75) is 20.4 Å². The molecule has 33 heavy (non-hydrogen) atoms. The minimum Gasteiger partial charge on any atom is -0.459 e. The zero-order valence-corrected chi connectivity index (χ0v) is 20.0. The van der Waals surface area contributed by atoms with Crippen LogP contribution in [-0.2, 0) is 21.5 Å². The minimum absolute atomic E-state index is 0.176. The third-order valence-electron chi connectivity index (χ3n) is 5.31. The Morgan fingerprint density at radius 2 is 1.97 bits per heavy atom. The van der Waals surface area contributed by atoms with Crippen molar-refractivity contribution in [1.29, 1.82) is 0 Å². The molecule has 0 fully saturated rings. The first-order valence-electron chi connectivity index (χ1n) is 10.4. The number of carbonyl (C=O) groups is 1. The Labute approximate surface area is 194 Å². The number of amides is 1. The van der Waals surface area contributed by atoms with Gasteiger partial charge in [-0.2, -0.15) is 12.7 Å². The largest absolute Gasteiger partial charge is 0.459 e. The van der Waals surface area contributed by atoms with Gasteiger partial charge in [0.2, 0.25) is 5.91 Å². The second-order valence-electron chi connectivity index (χ2n) is 7.82. The normalized spacial score (nSPS) is 12.1. The van der Waals surface area contributed by atoms with E-state index < -0.39 is 10.2 Å². The molecule has 0 radical (unpaired) electrons. The number of likely N-dealkylation sites (N-methyl/N-ethyl adjacent to an activating group) is 2. The summed E-state index contributed by atoms with van der Waals surface area (Å²) in [4.78, 5) is 18.2. The number of rotatable bonds is 9. The van der Waals surface area contributed by atoms with Gasteiger partial charge in [-0.1, -0.05) is 18.2 Å². The molecule has 0 aliphatic rings. The summed E-state index contributed by atoms with van der Waals surface area (Å²) < 4.78 is 33.8. The van der Waals surface area contributed by atoms with Crippen LogP contribution in [0.25, 0.3) is 17.0 Å². The van der Waals surface area contributed by atoms with Gasteiger partial charge in [-0.25, -0.2) is 4.98 Å². The summed E-state index contributed by atoms with van der Waals surface area (Å²) in [5.74, 6) is 0.733. The molecule has 176 valence electrons. The number of aryl methyl sites for hydroxylation is 2. The molecule has 2 heterocycles. The van der Waals surface area contributed by atoms with Crippen molar-refractivity contribution in [3.63, 3.8) is 0 Å². The molecule has 1 aromatic carbocycles. The van der Waals surface area contributed by atoms with Crippen molar-refractivity contribution in [2.75, 3.05) is 31.9 Å². The number of hydrogen-bond donors (Lipinski definition) is 2. The fourth-order valence-corrected chi connectivity index (χ4v) is 4.14. The summed E-state index contributed by atoms with van der Waals surface area (Å²) in [5, 5.41) is 1.05. The Morgan fingerprint density at radius 1 is 1.21 bits per heavy atom. The number of hydrogen-bond acceptors (Lipinski definition) is 6. The van der Waals surface area contributed by atoms with E-state index in [2.05, 4.69) is 9.71 Å². The van der Waals surface area contributed by atoms with Gasteiger partial charge in [-0.15, -0.1) is 0 Å². The summed E-state index contributed by atoms with van der Waals surface area (Å²) in [6.07, 6.45) is 4.55. The maximum atomic E-state index is 12.6. The van der Waals surface area contributed by atoms with Crippen molar-refractivity contribution in [1.82, 2.24) is 14.2 Å². The Balaban J connectivity index is 1.63. The number of furan rings is 1. The van der Waals surface area contributed by atoms with Crippen LogP contribution in [0, 0.1) is 13.8 Å². The highest BCUT2D eigenvalue weighted by molar-refractivity contribution is 7.90. The first kappa shape index (κ1) is 24.4. The average Bonchev–Trinajstić information content (AvgIpc) is 3.09. The molecule has 3 rings (SSSR count). The molecule has 0 aliphatic heterocycles. The van der Waals surface area contributed by atoms with Crippen LogP contribution < -0.4 is 10.5 Å². The third kappa shape index (κ3) is 5.78. The number of pyridine rings is 1. The number of benzene rings is 1. The lowest BCUT2D eigenvalue weighted by Crippen LogP contribution is -2.36. The van der Waals surface area contributed by atoms with Gasteiger partial charge in [0.05, 0.1) is 6.54 Å². The number of fused-ring (bicyclic) bond motifs is 1. The molecule has 0 atom stereocenters. The van der Waals surface area contributed by atoms with E-state index in [9.17, 15) is 13.2 Å². The number of carbonyl (C=O) groups excluding carboxylic acids is 1. The maximum Gasteiger partial charge on any atom is 0.302 e. The van der Waals surface area contributed by atoms with Gasteiger partial charge in [0.1, 0.15) is 17.2 Å². The predicted octanol–water partition coefficient (Wildman–Crippen LogP) is 2.66. The minimum atomic E-state index is -3.72.